The van der Waals surface area contributed by atoms with E-state index in [0.717, 1.165) is 16.7 Å². The standard InChI is InChI=1S/C22H24N4O3/c1-15-6-4-5-7-17(15)13-22(27)24-21-11-10-20(25-26-21)23-14-16-8-9-18(28-2)19(12-16)29-3/h4-12H,13-14H2,1-3H3,(H,23,25)(H,24,26,27). The van der Waals surface area contributed by atoms with Gasteiger partial charge in [-0.15, -0.1) is 10.2 Å². The van der Waals surface area contributed by atoms with Gasteiger partial charge in [-0.2, -0.15) is 0 Å². The second kappa shape index (κ2) is 9.54. The molecule has 3 aromatic rings. The minimum Gasteiger partial charge on any atom is -0.493 e. The van der Waals surface area contributed by atoms with Crippen LogP contribution in [-0.2, 0) is 17.8 Å². The quantitative estimate of drug-likeness (QED) is 0.609. The normalized spacial score (nSPS) is 10.3. The van der Waals surface area contributed by atoms with Crippen molar-refractivity contribution in [3.8, 4) is 11.5 Å². The van der Waals surface area contributed by atoms with E-state index in [1.807, 2.05) is 49.4 Å². The van der Waals surface area contributed by atoms with Crippen LogP contribution in [0.3, 0.4) is 0 Å². The maximum Gasteiger partial charge on any atom is 0.230 e. The highest BCUT2D eigenvalue weighted by atomic mass is 16.5. The fourth-order valence-corrected chi connectivity index (χ4v) is 2.84. The number of rotatable bonds is 8. The topological polar surface area (TPSA) is 85.4 Å². The van der Waals surface area contributed by atoms with Crippen LogP contribution in [0, 0.1) is 6.92 Å². The van der Waals surface area contributed by atoms with Gasteiger partial charge in [-0.1, -0.05) is 30.3 Å². The monoisotopic (exact) mass is 392 g/mol. The van der Waals surface area contributed by atoms with Gasteiger partial charge in [0, 0.05) is 6.54 Å². The van der Waals surface area contributed by atoms with Gasteiger partial charge in [0.2, 0.25) is 5.91 Å². The number of amides is 1. The third-order valence-corrected chi connectivity index (χ3v) is 4.47. The van der Waals surface area contributed by atoms with Crippen molar-refractivity contribution in [3.05, 3.63) is 71.3 Å². The van der Waals surface area contributed by atoms with Gasteiger partial charge in [-0.3, -0.25) is 4.79 Å². The molecular weight excluding hydrogens is 368 g/mol. The Bertz CT molecular complexity index is 974. The lowest BCUT2D eigenvalue weighted by Gasteiger charge is -2.11. The SMILES string of the molecule is COc1ccc(CNc2ccc(NC(=O)Cc3ccccc3C)nn2)cc1OC. The Morgan fingerprint density at radius 3 is 2.34 bits per heavy atom. The Morgan fingerprint density at radius 2 is 1.66 bits per heavy atom. The summed E-state index contributed by atoms with van der Waals surface area (Å²) in [4.78, 5) is 12.2. The summed E-state index contributed by atoms with van der Waals surface area (Å²) < 4.78 is 10.6. The fraction of sp³-hybridized carbons (Fsp3) is 0.227. The summed E-state index contributed by atoms with van der Waals surface area (Å²) in [7, 11) is 3.21. The molecule has 1 aromatic heterocycles. The lowest BCUT2D eigenvalue weighted by Crippen LogP contribution is -2.16. The fourth-order valence-electron chi connectivity index (χ4n) is 2.84. The second-order valence-electron chi connectivity index (χ2n) is 6.50. The summed E-state index contributed by atoms with van der Waals surface area (Å²) in [6.45, 7) is 2.54. The number of hydrogen-bond acceptors (Lipinski definition) is 6. The van der Waals surface area contributed by atoms with E-state index >= 15 is 0 Å². The molecule has 0 fully saturated rings. The maximum absolute atomic E-state index is 12.2. The van der Waals surface area contributed by atoms with Crippen LogP contribution in [0.4, 0.5) is 11.6 Å². The number of carbonyl (C=O) groups is 1. The van der Waals surface area contributed by atoms with Gasteiger partial charge in [0.1, 0.15) is 5.82 Å². The molecule has 0 saturated heterocycles. The van der Waals surface area contributed by atoms with Gasteiger partial charge in [0.15, 0.2) is 17.3 Å². The van der Waals surface area contributed by atoms with E-state index in [4.69, 9.17) is 9.47 Å². The van der Waals surface area contributed by atoms with Crippen LogP contribution in [-0.4, -0.2) is 30.3 Å². The molecule has 0 unspecified atom stereocenters. The maximum atomic E-state index is 12.2. The number of benzene rings is 2. The first-order valence-electron chi connectivity index (χ1n) is 9.22. The van der Waals surface area contributed by atoms with Crippen LogP contribution >= 0.6 is 0 Å². The zero-order chi connectivity index (χ0) is 20.6. The molecule has 0 spiro atoms. The summed E-state index contributed by atoms with van der Waals surface area (Å²) in [6, 6.07) is 17.0. The first-order chi connectivity index (χ1) is 14.1. The van der Waals surface area contributed by atoms with E-state index < -0.39 is 0 Å². The number of aryl methyl sites for hydroxylation is 1. The van der Waals surface area contributed by atoms with Crippen molar-refractivity contribution < 1.29 is 14.3 Å². The van der Waals surface area contributed by atoms with Gasteiger partial charge in [-0.05, 0) is 47.9 Å². The number of hydrogen-bond donors (Lipinski definition) is 2. The molecule has 29 heavy (non-hydrogen) atoms. The van der Waals surface area contributed by atoms with E-state index in [1.54, 1.807) is 26.4 Å². The summed E-state index contributed by atoms with van der Waals surface area (Å²) in [5.74, 6) is 2.25. The average Bonchev–Trinajstić information content (AvgIpc) is 2.74. The molecular formula is C22H24N4O3. The van der Waals surface area contributed by atoms with Gasteiger partial charge < -0.3 is 20.1 Å². The van der Waals surface area contributed by atoms with Gasteiger partial charge in [0.25, 0.3) is 0 Å². The number of nitrogens with zero attached hydrogens (tertiary/aromatic N) is 2. The van der Waals surface area contributed by atoms with E-state index in [2.05, 4.69) is 20.8 Å². The van der Waals surface area contributed by atoms with Crippen molar-refractivity contribution in [1.29, 1.82) is 0 Å². The Labute approximate surface area is 170 Å². The third kappa shape index (κ3) is 5.44. The average molecular weight is 392 g/mol. The number of carbonyl (C=O) groups excluding carboxylic acids is 1. The molecule has 0 atom stereocenters. The lowest BCUT2D eigenvalue weighted by atomic mass is 10.1. The zero-order valence-electron chi connectivity index (χ0n) is 16.7. The largest absolute Gasteiger partial charge is 0.493 e. The minimum absolute atomic E-state index is 0.125. The van der Waals surface area contributed by atoms with Crippen LogP contribution in [0.25, 0.3) is 0 Å². The lowest BCUT2D eigenvalue weighted by molar-refractivity contribution is -0.115. The molecule has 0 aliphatic rings. The van der Waals surface area contributed by atoms with Crippen LogP contribution in [0.1, 0.15) is 16.7 Å². The summed E-state index contributed by atoms with van der Waals surface area (Å²) in [5.41, 5.74) is 3.09. The molecule has 0 aliphatic carbocycles. The molecule has 150 valence electrons. The van der Waals surface area contributed by atoms with Gasteiger partial charge in [0.05, 0.1) is 20.6 Å². The van der Waals surface area contributed by atoms with Crippen LogP contribution in [0.2, 0.25) is 0 Å². The Hall–Kier alpha value is -3.61. The number of nitrogens with one attached hydrogen (secondary N) is 2. The Kier molecular flexibility index (Phi) is 6.63. The smallest absolute Gasteiger partial charge is 0.230 e. The molecule has 3 rings (SSSR count). The van der Waals surface area contributed by atoms with Crippen molar-refractivity contribution in [1.82, 2.24) is 10.2 Å². The molecule has 1 amide bonds. The summed E-state index contributed by atoms with van der Waals surface area (Å²) in [5, 5.41) is 14.2. The molecule has 1 heterocycles. The number of aromatic nitrogens is 2. The van der Waals surface area contributed by atoms with Gasteiger partial charge in [-0.25, -0.2) is 0 Å². The highest BCUT2D eigenvalue weighted by molar-refractivity contribution is 5.91. The highest BCUT2D eigenvalue weighted by Crippen LogP contribution is 2.27. The van der Waals surface area contributed by atoms with E-state index in [0.29, 0.717) is 36.1 Å². The molecule has 0 radical (unpaired) electrons. The van der Waals surface area contributed by atoms with Crippen LogP contribution < -0.4 is 20.1 Å². The highest BCUT2D eigenvalue weighted by Gasteiger charge is 2.08. The predicted octanol–water partition coefficient (Wildman–Crippen LogP) is 3.60. The van der Waals surface area contributed by atoms with Crippen LogP contribution in [0.5, 0.6) is 11.5 Å². The van der Waals surface area contributed by atoms with E-state index in [1.165, 1.54) is 0 Å². The zero-order valence-corrected chi connectivity index (χ0v) is 16.7. The number of methoxy groups -OCH3 is 2. The number of ether oxygens (including phenoxy) is 2. The molecule has 0 aliphatic heterocycles. The first-order valence-corrected chi connectivity index (χ1v) is 9.22. The Morgan fingerprint density at radius 1 is 0.931 bits per heavy atom. The molecule has 2 aromatic carbocycles. The first kappa shape index (κ1) is 20.1. The summed E-state index contributed by atoms with van der Waals surface area (Å²) in [6.07, 6.45) is 0.299. The van der Waals surface area contributed by atoms with Crippen molar-refractivity contribution in [2.24, 2.45) is 0 Å². The van der Waals surface area contributed by atoms with Crippen molar-refractivity contribution >= 4 is 17.5 Å². The second-order valence-corrected chi connectivity index (χ2v) is 6.50. The minimum atomic E-state index is -0.125. The molecule has 0 bridgehead atoms. The van der Waals surface area contributed by atoms with Crippen molar-refractivity contribution in [3.63, 3.8) is 0 Å². The van der Waals surface area contributed by atoms with Gasteiger partial charge >= 0.3 is 0 Å². The van der Waals surface area contributed by atoms with E-state index in [9.17, 15) is 4.79 Å². The molecule has 2 N–H and O–H groups in total. The molecule has 7 heteroatoms. The number of anilines is 2. The predicted molar refractivity (Wildman–Crippen MR) is 112 cm³/mol. The third-order valence-electron chi connectivity index (χ3n) is 4.47. The molecule has 7 nitrogen and oxygen atoms in total. The van der Waals surface area contributed by atoms with Crippen molar-refractivity contribution in [2.45, 2.75) is 19.9 Å². The van der Waals surface area contributed by atoms with E-state index in [-0.39, 0.29) is 5.91 Å². The summed E-state index contributed by atoms with van der Waals surface area (Å²) >= 11 is 0. The molecule has 0 saturated carbocycles. The Balaban J connectivity index is 1.55. The van der Waals surface area contributed by atoms with Crippen molar-refractivity contribution in [2.75, 3.05) is 24.9 Å². The van der Waals surface area contributed by atoms with Crippen LogP contribution in [0.15, 0.2) is 54.6 Å².